The van der Waals surface area contributed by atoms with Crippen molar-refractivity contribution in [3.05, 3.63) is 97.3 Å². The summed E-state index contributed by atoms with van der Waals surface area (Å²) in [6, 6.07) is 30.7. The van der Waals surface area contributed by atoms with Crippen LogP contribution in [0.5, 0.6) is 0 Å². The second-order valence-corrected chi connectivity index (χ2v) is 5.29. The summed E-state index contributed by atoms with van der Waals surface area (Å²) in [6.07, 6.45) is 2.02. The molecule has 4 rings (SSSR count). The van der Waals surface area contributed by atoms with Gasteiger partial charge in [-0.3, -0.25) is 0 Å². The fraction of sp³-hybridized carbons (Fsp3) is 0. The highest BCUT2D eigenvalue weighted by atomic mass is 35.5. The van der Waals surface area contributed by atoms with Crippen molar-refractivity contribution >= 4 is 0 Å². The van der Waals surface area contributed by atoms with E-state index in [0.717, 1.165) is 22.8 Å². The van der Waals surface area contributed by atoms with Gasteiger partial charge in [0.1, 0.15) is 11.4 Å². The molecular formula is C20H16ClN3. The van der Waals surface area contributed by atoms with Crippen LogP contribution in [-0.2, 0) is 0 Å². The molecule has 0 amide bonds. The minimum atomic E-state index is 0. The fourth-order valence-electron chi connectivity index (χ4n) is 2.61. The van der Waals surface area contributed by atoms with E-state index in [4.69, 9.17) is 5.10 Å². The predicted molar refractivity (Wildman–Crippen MR) is 90.5 cm³/mol. The third-order valence-corrected chi connectivity index (χ3v) is 3.74. The first kappa shape index (κ1) is 16.0. The Morgan fingerprint density at radius 1 is 0.667 bits per heavy atom. The topological polar surface area (TPSA) is 21.7 Å². The van der Waals surface area contributed by atoms with E-state index in [9.17, 15) is 0 Å². The minimum absolute atomic E-state index is 0. The monoisotopic (exact) mass is 333 g/mol. The van der Waals surface area contributed by atoms with Crippen LogP contribution in [0.2, 0.25) is 0 Å². The molecule has 1 aromatic heterocycles. The molecular weight excluding hydrogens is 318 g/mol. The minimum Gasteiger partial charge on any atom is -1.00 e. The number of hydrogen-bond donors (Lipinski definition) is 0. The molecule has 0 saturated carbocycles. The molecule has 0 atom stereocenters. The first-order chi connectivity index (χ1) is 11.4. The summed E-state index contributed by atoms with van der Waals surface area (Å²) in [5.41, 5.74) is 3.22. The van der Waals surface area contributed by atoms with Gasteiger partial charge in [0.2, 0.25) is 6.33 Å². The van der Waals surface area contributed by atoms with Crippen molar-refractivity contribution in [3.8, 4) is 22.8 Å². The van der Waals surface area contributed by atoms with Gasteiger partial charge in [-0.25, -0.2) is 0 Å². The van der Waals surface area contributed by atoms with E-state index < -0.39 is 0 Å². The maximum Gasteiger partial charge on any atom is 0.314 e. The number of aromatic nitrogens is 3. The number of rotatable bonds is 3. The predicted octanol–water partition coefficient (Wildman–Crippen LogP) is 0.820. The molecule has 0 aliphatic carbocycles. The van der Waals surface area contributed by atoms with E-state index in [-0.39, 0.29) is 12.4 Å². The number of halogens is 1. The number of para-hydroxylation sites is 2. The first-order valence-electron chi connectivity index (χ1n) is 7.59. The van der Waals surface area contributed by atoms with Crippen LogP contribution in [0.15, 0.2) is 97.3 Å². The molecule has 4 heteroatoms. The van der Waals surface area contributed by atoms with Crippen LogP contribution in [-0.4, -0.2) is 9.78 Å². The number of hydrogen-bond acceptors (Lipinski definition) is 1. The maximum absolute atomic E-state index is 4.81. The van der Waals surface area contributed by atoms with Crippen LogP contribution in [0.1, 0.15) is 0 Å². The van der Waals surface area contributed by atoms with Crippen LogP contribution < -0.4 is 17.0 Å². The van der Waals surface area contributed by atoms with Gasteiger partial charge >= 0.3 is 5.82 Å². The van der Waals surface area contributed by atoms with Gasteiger partial charge in [-0.1, -0.05) is 59.3 Å². The van der Waals surface area contributed by atoms with Crippen molar-refractivity contribution < 1.29 is 17.0 Å². The SMILES string of the molecule is [Cl-].c1ccc(-c2nn(-c3ccccc3)c[n+]2-c2ccccc2)cc1. The summed E-state index contributed by atoms with van der Waals surface area (Å²) in [5, 5.41) is 4.81. The lowest BCUT2D eigenvalue weighted by molar-refractivity contribution is -0.584. The lowest BCUT2D eigenvalue weighted by atomic mass is 10.2. The van der Waals surface area contributed by atoms with Gasteiger partial charge in [-0.15, -0.1) is 0 Å². The van der Waals surface area contributed by atoms with Gasteiger partial charge < -0.3 is 12.4 Å². The van der Waals surface area contributed by atoms with Crippen molar-refractivity contribution in [2.45, 2.75) is 0 Å². The summed E-state index contributed by atoms with van der Waals surface area (Å²) in [5.74, 6) is 0.917. The molecule has 1 heterocycles. The molecule has 0 fully saturated rings. The molecule has 0 radical (unpaired) electrons. The molecule has 24 heavy (non-hydrogen) atoms. The molecule has 3 aromatic carbocycles. The first-order valence-corrected chi connectivity index (χ1v) is 7.59. The molecule has 0 spiro atoms. The fourth-order valence-corrected chi connectivity index (χ4v) is 2.61. The van der Waals surface area contributed by atoms with Gasteiger partial charge in [-0.05, 0) is 36.4 Å². The van der Waals surface area contributed by atoms with Gasteiger partial charge in [0, 0.05) is 0 Å². The van der Waals surface area contributed by atoms with Crippen LogP contribution in [0, 0.1) is 0 Å². The highest BCUT2D eigenvalue weighted by Gasteiger charge is 2.21. The van der Waals surface area contributed by atoms with Gasteiger partial charge in [-0.2, -0.15) is 4.57 Å². The summed E-state index contributed by atoms with van der Waals surface area (Å²) < 4.78 is 4.03. The number of nitrogens with zero attached hydrogens (tertiary/aromatic N) is 3. The third kappa shape index (κ3) is 3.07. The zero-order valence-corrected chi connectivity index (χ0v) is 13.7. The van der Waals surface area contributed by atoms with Gasteiger partial charge in [0.25, 0.3) is 0 Å². The second-order valence-electron chi connectivity index (χ2n) is 5.29. The highest BCUT2D eigenvalue weighted by molar-refractivity contribution is 5.52. The number of benzene rings is 3. The summed E-state index contributed by atoms with van der Waals surface area (Å²) in [7, 11) is 0. The molecule has 3 nitrogen and oxygen atoms in total. The zero-order chi connectivity index (χ0) is 15.5. The second kappa shape index (κ2) is 7.11. The Bertz CT molecular complexity index is 847. The molecule has 0 saturated heterocycles. The third-order valence-electron chi connectivity index (χ3n) is 3.74. The largest absolute Gasteiger partial charge is 1.00 e. The van der Waals surface area contributed by atoms with Crippen molar-refractivity contribution in [2.24, 2.45) is 0 Å². The summed E-state index contributed by atoms with van der Waals surface area (Å²) >= 11 is 0. The van der Waals surface area contributed by atoms with Crippen molar-refractivity contribution in [3.63, 3.8) is 0 Å². The molecule has 0 aliphatic heterocycles. The van der Waals surface area contributed by atoms with Crippen LogP contribution in [0.25, 0.3) is 22.8 Å². The highest BCUT2D eigenvalue weighted by Crippen LogP contribution is 2.16. The summed E-state index contributed by atoms with van der Waals surface area (Å²) in [4.78, 5) is 0. The smallest absolute Gasteiger partial charge is 0.314 e. The van der Waals surface area contributed by atoms with Crippen LogP contribution in [0.3, 0.4) is 0 Å². The van der Waals surface area contributed by atoms with E-state index in [2.05, 4.69) is 41.0 Å². The van der Waals surface area contributed by atoms with Crippen molar-refractivity contribution in [1.82, 2.24) is 9.78 Å². The Labute approximate surface area is 147 Å². The standard InChI is InChI=1S/C20H16N3.ClH/c1-4-10-17(11-5-1)20-21-23(19-14-8-3-9-15-19)16-22(20)18-12-6-2-7-13-18;/h1-16H;1H/q+1;/p-1. The van der Waals surface area contributed by atoms with E-state index in [1.807, 2.05) is 65.6 Å². The van der Waals surface area contributed by atoms with Crippen molar-refractivity contribution in [1.29, 1.82) is 0 Å². The van der Waals surface area contributed by atoms with E-state index in [1.165, 1.54) is 0 Å². The molecule has 4 aromatic rings. The lowest BCUT2D eigenvalue weighted by Gasteiger charge is -1.99. The molecule has 0 bridgehead atoms. The normalized spacial score (nSPS) is 10.2. The van der Waals surface area contributed by atoms with E-state index in [0.29, 0.717) is 0 Å². The van der Waals surface area contributed by atoms with E-state index >= 15 is 0 Å². The Balaban J connectivity index is 0.00000169. The Morgan fingerprint density at radius 3 is 1.83 bits per heavy atom. The molecule has 0 N–H and O–H groups in total. The molecule has 0 unspecified atom stereocenters. The molecule has 0 aliphatic rings. The Kier molecular flexibility index (Phi) is 4.73. The average Bonchev–Trinajstić information content (AvgIpc) is 3.09. The Hall–Kier alpha value is -2.91. The average molecular weight is 334 g/mol. The van der Waals surface area contributed by atoms with Gasteiger partial charge in [0.15, 0.2) is 0 Å². The summed E-state index contributed by atoms with van der Waals surface area (Å²) in [6.45, 7) is 0. The van der Waals surface area contributed by atoms with Gasteiger partial charge in [0.05, 0.1) is 10.7 Å². The molecule has 118 valence electrons. The quantitative estimate of drug-likeness (QED) is 0.509. The van der Waals surface area contributed by atoms with Crippen LogP contribution >= 0.6 is 0 Å². The van der Waals surface area contributed by atoms with Crippen LogP contribution in [0.4, 0.5) is 0 Å². The lowest BCUT2D eigenvalue weighted by Crippen LogP contribution is -3.00. The van der Waals surface area contributed by atoms with Crippen molar-refractivity contribution in [2.75, 3.05) is 0 Å². The zero-order valence-electron chi connectivity index (χ0n) is 13.0. The Morgan fingerprint density at radius 2 is 1.21 bits per heavy atom. The van der Waals surface area contributed by atoms with E-state index in [1.54, 1.807) is 0 Å². The maximum atomic E-state index is 4.81.